The normalized spacial score (nSPS) is 38.7. The summed E-state index contributed by atoms with van der Waals surface area (Å²) in [6.07, 6.45) is -0.128. The first-order valence-electron chi connectivity index (χ1n) is 13.8. The molecule has 0 radical (unpaired) electrons. The molecular formula is C31H33F3N2O4. The van der Waals surface area contributed by atoms with Gasteiger partial charge in [-0.15, -0.1) is 0 Å². The summed E-state index contributed by atoms with van der Waals surface area (Å²) in [6, 6.07) is 6.89. The van der Waals surface area contributed by atoms with E-state index in [1.807, 2.05) is 44.1 Å². The van der Waals surface area contributed by atoms with E-state index in [4.69, 9.17) is 4.74 Å². The third kappa shape index (κ3) is 3.35. The Kier molecular flexibility index (Phi) is 5.36. The van der Waals surface area contributed by atoms with Gasteiger partial charge in [-0.1, -0.05) is 31.2 Å². The monoisotopic (exact) mass is 554 g/mol. The van der Waals surface area contributed by atoms with Crippen LogP contribution in [0.1, 0.15) is 44.6 Å². The molecule has 1 unspecified atom stereocenters. The number of aliphatic hydroxyl groups excluding tert-OH is 2. The number of halogens is 3. The van der Waals surface area contributed by atoms with Crippen molar-refractivity contribution in [3.05, 3.63) is 64.9 Å². The van der Waals surface area contributed by atoms with Gasteiger partial charge >= 0.3 is 6.18 Å². The number of hydrogen-bond donors (Lipinski definition) is 3. The van der Waals surface area contributed by atoms with Gasteiger partial charge < -0.3 is 25.0 Å². The van der Waals surface area contributed by atoms with Crippen LogP contribution in [-0.4, -0.2) is 74.9 Å². The summed E-state index contributed by atoms with van der Waals surface area (Å²) in [7, 11) is 3.66. The maximum absolute atomic E-state index is 14.9. The Labute approximate surface area is 230 Å². The van der Waals surface area contributed by atoms with Crippen LogP contribution in [0.25, 0.3) is 16.3 Å². The fraction of sp³-hybridized carbons (Fsp3) is 0.516. The second kappa shape index (κ2) is 8.18. The molecule has 40 heavy (non-hydrogen) atoms. The summed E-state index contributed by atoms with van der Waals surface area (Å²) in [5.41, 5.74) is -1.32. The molecule has 1 aromatic carbocycles. The van der Waals surface area contributed by atoms with E-state index in [0.717, 1.165) is 21.9 Å². The van der Waals surface area contributed by atoms with E-state index in [9.17, 15) is 28.5 Å². The van der Waals surface area contributed by atoms with Crippen LogP contribution in [0.2, 0.25) is 0 Å². The first kappa shape index (κ1) is 26.2. The summed E-state index contributed by atoms with van der Waals surface area (Å²) in [5, 5.41) is 33.6. The van der Waals surface area contributed by atoms with Gasteiger partial charge in [0, 0.05) is 40.6 Å². The number of alkyl halides is 3. The first-order valence-corrected chi connectivity index (χ1v) is 13.8. The molecular weight excluding hydrogens is 521 g/mol. The molecule has 1 aromatic heterocycles. The third-order valence-corrected chi connectivity index (χ3v) is 10.5. The Morgan fingerprint density at radius 2 is 1.88 bits per heavy atom. The number of allylic oxidation sites excluding steroid dienone is 3. The number of rotatable bonds is 2. The van der Waals surface area contributed by atoms with Crippen molar-refractivity contribution in [2.24, 2.45) is 11.3 Å². The largest absolute Gasteiger partial charge is 0.493 e. The van der Waals surface area contributed by atoms with Crippen molar-refractivity contribution in [2.45, 2.75) is 74.7 Å². The average Bonchev–Trinajstić information content (AvgIpc) is 3.40. The van der Waals surface area contributed by atoms with Crippen LogP contribution in [-0.2, 0) is 4.74 Å². The Bertz CT molecular complexity index is 1530. The zero-order valence-corrected chi connectivity index (χ0v) is 22.7. The molecule has 2 spiro atoms. The van der Waals surface area contributed by atoms with Gasteiger partial charge in [-0.25, -0.2) is 4.98 Å². The quantitative estimate of drug-likeness (QED) is 0.490. The highest BCUT2D eigenvalue weighted by atomic mass is 19.4. The van der Waals surface area contributed by atoms with Gasteiger partial charge in [-0.3, -0.25) is 0 Å². The number of pyridine rings is 1. The van der Waals surface area contributed by atoms with Gasteiger partial charge in [0.1, 0.15) is 6.10 Å². The van der Waals surface area contributed by atoms with E-state index >= 15 is 0 Å². The lowest BCUT2D eigenvalue weighted by Crippen LogP contribution is -2.62. The summed E-state index contributed by atoms with van der Waals surface area (Å²) < 4.78 is 51.6. The molecule has 2 fully saturated rings. The van der Waals surface area contributed by atoms with E-state index < -0.39 is 40.6 Å². The van der Waals surface area contributed by atoms with Crippen molar-refractivity contribution < 1.29 is 33.2 Å². The predicted octanol–water partition coefficient (Wildman–Crippen LogP) is 4.90. The first-order chi connectivity index (χ1) is 18.8. The van der Waals surface area contributed by atoms with Crippen LogP contribution in [0.5, 0.6) is 5.88 Å². The van der Waals surface area contributed by atoms with Crippen molar-refractivity contribution in [3.8, 4) is 5.88 Å². The van der Waals surface area contributed by atoms with Crippen molar-refractivity contribution in [1.82, 2.24) is 9.88 Å². The zero-order valence-electron chi connectivity index (χ0n) is 22.7. The Morgan fingerprint density at radius 3 is 2.60 bits per heavy atom. The third-order valence-electron chi connectivity index (χ3n) is 10.5. The van der Waals surface area contributed by atoms with Crippen LogP contribution in [0.3, 0.4) is 0 Å². The van der Waals surface area contributed by atoms with Crippen molar-refractivity contribution >= 4 is 16.3 Å². The molecule has 2 aromatic rings. The highest BCUT2D eigenvalue weighted by Gasteiger charge is 2.69. The molecule has 6 nitrogen and oxygen atoms in total. The molecule has 3 N–H and O–H groups in total. The maximum Gasteiger partial charge on any atom is 0.413 e. The van der Waals surface area contributed by atoms with Gasteiger partial charge in [-0.05, 0) is 79.9 Å². The number of hydrogen-bond acceptors (Lipinski definition) is 6. The minimum absolute atomic E-state index is 0.108. The van der Waals surface area contributed by atoms with Gasteiger partial charge in [0.25, 0.3) is 0 Å². The highest BCUT2D eigenvalue weighted by molar-refractivity contribution is 5.88. The van der Waals surface area contributed by atoms with Crippen molar-refractivity contribution in [1.29, 1.82) is 0 Å². The summed E-state index contributed by atoms with van der Waals surface area (Å²) in [5.74, 6) is -0.334. The number of aliphatic hydroxyl groups is 2. The van der Waals surface area contributed by atoms with Crippen LogP contribution in [0.4, 0.5) is 13.2 Å². The number of likely N-dealkylation sites (N-methyl/N-ethyl adjacent to an activating group) is 1. The Hall–Kier alpha value is -2.72. The number of fused-ring (bicyclic) bond motifs is 2. The summed E-state index contributed by atoms with van der Waals surface area (Å²) >= 11 is 0. The highest BCUT2D eigenvalue weighted by Crippen LogP contribution is 2.70. The predicted molar refractivity (Wildman–Crippen MR) is 143 cm³/mol. The molecule has 212 valence electrons. The number of ether oxygens (including phenoxy) is 1. The van der Waals surface area contributed by atoms with E-state index in [2.05, 4.69) is 11.1 Å². The maximum atomic E-state index is 14.9. The number of aromatic nitrogens is 1. The van der Waals surface area contributed by atoms with Gasteiger partial charge in [0.2, 0.25) is 5.88 Å². The molecule has 7 rings (SSSR count). The fourth-order valence-electron chi connectivity index (χ4n) is 8.67. The van der Waals surface area contributed by atoms with Crippen LogP contribution < -0.4 is 0 Å². The van der Waals surface area contributed by atoms with Crippen LogP contribution >= 0.6 is 0 Å². The second-order valence-electron chi connectivity index (χ2n) is 12.8. The van der Waals surface area contributed by atoms with E-state index in [-0.39, 0.29) is 29.8 Å². The second-order valence-corrected chi connectivity index (χ2v) is 12.8. The zero-order chi connectivity index (χ0) is 28.4. The average molecular weight is 555 g/mol. The lowest BCUT2D eigenvalue weighted by Gasteiger charge is -2.57. The number of aromatic hydroxyl groups is 1. The molecule has 7 atom stereocenters. The number of nitrogens with zero attached hydrogens (tertiary/aromatic N) is 2. The molecule has 1 saturated carbocycles. The minimum atomic E-state index is -4.59. The van der Waals surface area contributed by atoms with E-state index in [1.165, 1.54) is 0 Å². The van der Waals surface area contributed by atoms with Crippen LogP contribution in [0.15, 0.2) is 59.3 Å². The Morgan fingerprint density at radius 1 is 1.10 bits per heavy atom. The molecule has 9 heteroatoms. The smallest absolute Gasteiger partial charge is 0.413 e. The lowest BCUT2D eigenvalue weighted by atomic mass is 9.56. The van der Waals surface area contributed by atoms with Crippen molar-refractivity contribution in [2.75, 3.05) is 14.1 Å². The topological polar surface area (TPSA) is 86.1 Å². The van der Waals surface area contributed by atoms with Crippen LogP contribution in [0, 0.1) is 11.3 Å². The van der Waals surface area contributed by atoms with Crippen molar-refractivity contribution in [3.63, 3.8) is 0 Å². The van der Waals surface area contributed by atoms with E-state index in [1.54, 1.807) is 18.3 Å². The molecule has 2 aliphatic heterocycles. The van der Waals surface area contributed by atoms with Gasteiger partial charge in [-0.2, -0.15) is 13.2 Å². The molecule has 3 aliphatic carbocycles. The molecule has 2 bridgehead atoms. The molecule has 1 saturated heterocycles. The molecule has 5 aliphatic rings. The Balaban J connectivity index is 1.39. The SMILES string of the molecule is CN(C)[C@H]1C[C@@]23CC[C@@]4(O2)C(=C(C(F)(F)F)C[C@]2(C)C(c5ccc6cnc(O)cc6c5)=CCC24)C=C3[C@@H](O)[C@@H]1O. The fourth-order valence-corrected chi connectivity index (χ4v) is 8.67. The lowest BCUT2D eigenvalue weighted by molar-refractivity contribution is -0.170. The van der Waals surface area contributed by atoms with E-state index in [0.29, 0.717) is 31.3 Å². The molecule has 0 amide bonds. The van der Waals surface area contributed by atoms with Gasteiger partial charge in [0.15, 0.2) is 0 Å². The standard InChI is InChI=1S/C31H33F3N2O4/c1-28-13-22(31(32,33)34)20-12-21-26(38)27(39)23(36(2)3)14-29(21)8-9-30(20,40-29)24(28)7-6-19(28)16-4-5-17-15-35-25(37)11-18(17)10-16/h4-6,10-12,15,23-24,26-27,38-39H,7-9,13-14H2,1-3H3,(H,35,37)/t23-,24?,26+,27+,28+,29+,30+/m0/s1. The number of benzene rings is 1. The summed E-state index contributed by atoms with van der Waals surface area (Å²) in [4.78, 5) is 5.79. The van der Waals surface area contributed by atoms with Gasteiger partial charge in [0.05, 0.1) is 17.3 Å². The minimum Gasteiger partial charge on any atom is -0.493 e. The molecule has 3 heterocycles. The summed E-state index contributed by atoms with van der Waals surface area (Å²) in [6.45, 7) is 1.93.